The van der Waals surface area contributed by atoms with Crippen LogP contribution < -0.4 is 11.5 Å². The normalized spacial score (nSPS) is 22.1. The second-order valence-electron chi connectivity index (χ2n) is 8.98. The number of nitrogens with one attached hydrogen (secondary N) is 1. The summed E-state index contributed by atoms with van der Waals surface area (Å²) in [6, 6.07) is 0.0485. The number of aliphatic imine (C=N–C) groups is 1. The molecule has 3 aromatic rings. The number of carbonyl (C=O) groups excluding carboxylic acids is 2. The number of hydrogen-bond donors (Lipinski definition) is 3. The zero-order valence-electron chi connectivity index (χ0n) is 19.2. The standard InChI is InChI=1S/C23H27N9O2/c1-11(8-26-3)16-10-28-32-21(25)18(12(2)33)19(29-22(16)32)13-6-14-4-5-15(7-13)31(14)23(34)17-9-27-30-20(17)24/h8-10,13-15H,1,4-7,25H2,2-3H3,(H3,24,27,30). The molecular formula is C23H27N9O2. The molecule has 0 aromatic carbocycles. The van der Waals surface area contributed by atoms with E-state index in [1.807, 2.05) is 4.90 Å². The lowest BCUT2D eigenvalue weighted by Crippen LogP contribution is -2.46. The second kappa shape index (κ2) is 8.08. The number of amides is 1. The summed E-state index contributed by atoms with van der Waals surface area (Å²) >= 11 is 0. The zero-order valence-corrected chi connectivity index (χ0v) is 19.2. The number of piperidine rings is 1. The van der Waals surface area contributed by atoms with Crippen molar-refractivity contribution in [3.8, 4) is 0 Å². The van der Waals surface area contributed by atoms with Crippen LogP contribution in [0.1, 0.15) is 70.5 Å². The molecule has 2 atom stereocenters. The van der Waals surface area contributed by atoms with Crippen molar-refractivity contribution >= 4 is 40.8 Å². The zero-order chi connectivity index (χ0) is 24.1. The minimum absolute atomic E-state index is 0.0229. The fourth-order valence-corrected chi connectivity index (χ4v) is 5.48. The van der Waals surface area contributed by atoms with Crippen LogP contribution in [0.4, 0.5) is 11.6 Å². The van der Waals surface area contributed by atoms with Gasteiger partial charge in [-0.25, -0.2) is 4.98 Å². The van der Waals surface area contributed by atoms with E-state index in [0.29, 0.717) is 46.4 Å². The van der Waals surface area contributed by atoms with Gasteiger partial charge in [-0.3, -0.25) is 19.7 Å². The third-order valence-electron chi connectivity index (χ3n) is 6.95. The third-order valence-corrected chi connectivity index (χ3v) is 6.95. The fraction of sp³-hybridized carbons (Fsp3) is 0.391. The van der Waals surface area contributed by atoms with E-state index in [9.17, 15) is 9.59 Å². The molecular weight excluding hydrogens is 434 g/mol. The number of rotatable bonds is 5. The highest BCUT2D eigenvalue weighted by Gasteiger charge is 2.45. The first kappa shape index (κ1) is 21.8. The minimum atomic E-state index is -0.162. The highest BCUT2D eigenvalue weighted by atomic mass is 16.2. The number of nitrogen functional groups attached to an aromatic ring is 2. The highest BCUT2D eigenvalue weighted by Crippen LogP contribution is 2.45. The average Bonchev–Trinajstić information content (AvgIpc) is 3.48. The lowest BCUT2D eigenvalue weighted by atomic mass is 9.85. The first-order valence-corrected chi connectivity index (χ1v) is 11.2. The molecule has 2 fully saturated rings. The summed E-state index contributed by atoms with van der Waals surface area (Å²) in [5, 5.41) is 10.9. The Morgan fingerprint density at radius 3 is 2.50 bits per heavy atom. The Balaban J connectivity index is 1.55. The Morgan fingerprint density at radius 1 is 1.21 bits per heavy atom. The fourth-order valence-electron chi connectivity index (χ4n) is 5.48. The summed E-state index contributed by atoms with van der Waals surface area (Å²) in [4.78, 5) is 36.7. The molecule has 0 aliphatic carbocycles. The molecule has 5 heterocycles. The van der Waals surface area contributed by atoms with Crippen molar-refractivity contribution in [1.82, 2.24) is 29.7 Å². The Bertz CT molecular complexity index is 1340. The smallest absolute Gasteiger partial charge is 0.259 e. The molecule has 0 spiro atoms. The quantitative estimate of drug-likeness (QED) is 0.387. The van der Waals surface area contributed by atoms with Crippen molar-refractivity contribution < 1.29 is 9.59 Å². The molecule has 34 heavy (non-hydrogen) atoms. The summed E-state index contributed by atoms with van der Waals surface area (Å²) < 4.78 is 1.49. The lowest BCUT2D eigenvalue weighted by Gasteiger charge is -2.39. The number of H-pyrrole nitrogens is 1. The summed E-state index contributed by atoms with van der Waals surface area (Å²) in [5.41, 5.74) is 15.7. The van der Waals surface area contributed by atoms with Gasteiger partial charge in [-0.05, 0) is 38.2 Å². The van der Waals surface area contributed by atoms with Gasteiger partial charge in [0.1, 0.15) is 17.2 Å². The van der Waals surface area contributed by atoms with E-state index >= 15 is 0 Å². The number of nitrogens with zero attached hydrogens (tertiary/aromatic N) is 6. The molecule has 2 aliphatic heterocycles. The molecule has 176 valence electrons. The number of Topliss-reactive ketones (excluding diaryl/α,β-unsaturated/α-hetero) is 1. The van der Waals surface area contributed by atoms with Crippen molar-refractivity contribution in [3.05, 3.63) is 41.4 Å². The van der Waals surface area contributed by atoms with Crippen LogP contribution in [0.5, 0.6) is 0 Å². The molecule has 2 saturated heterocycles. The van der Waals surface area contributed by atoms with Gasteiger partial charge in [0, 0.05) is 36.8 Å². The SMILES string of the molecule is C=C(C=NC)c1cnn2c(N)c(C(C)=O)c(C3CC4CCC(C3)N4C(=O)c3cn[nH]c3N)nc12. The number of ketones is 1. The monoisotopic (exact) mass is 461 g/mol. The molecule has 2 bridgehead atoms. The van der Waals surface area contributed by atoms with Gasteiger partial charge >= 0.3 is 0 Å². The number of aromatic nitrogens is 5. The van der Waals surface area contributed by atoms with Gasteiger partial charge in [-0.2, -0.15) is 14.7 Å². The van der Waals surface area contributed by atoms with E-state index in [4.69, 9.17) is 16.5 Å². The molecule has 11 heteroatoms. The van der Waals surface area contributed by atoms with E-state index < -0.39 is 0 Å². The van der Waals surface area contributed by atoms with Gasteiger partial charge in [-0.15, -0.1) is 0 Å². The third kappa shape index (κ3) is 3.27. The molecule has 11 nitrogen and oxygen atoms in total. The van der Waals surface area contributed by atoms with Crippen LogP contribution in [0.2, 0.25) is 0 Å². The first-order valence-electron chi connectivity index (χ1n) is 11.2. The van der Waals surface area contributed by atoms with Crippen molar-refractivity contribution in [2.24, 2.45) is 4.99 Å². The maximum absolute atomic E-state index is 13.2. The Kier molecular flexibility index (Phi) is 5.18. The van der Waals surface area contributed by atoms with Crippen LogP contribution in [0.15, 0.2) is 24.0 Å². The van der Waals surface area contributed by atoms with Crippen molar-refractivity contribution in [2.45, 2.75) is 50.6 Å². The predicted octanol–water partition coefficient (Wildman–Crippen LogP) is 2.08. The van der Waals surface area contributed by atoms with E-state index in [1.165, 1.54) is 17.6 Å². The molecule has 1 amide bonds. The van der Waals surface area contributed by atoms with Crippen LogP contribution in [0.25, 0.3) is 11.2 Å². The molecule has 2 unspecified atom stereocenters. The van der Waals surface area contributed by atoms with Gasteiger partial charge < -0.3 is 16.4 Å². The Morgan fingerprint density at radius 2 is 1.91 bits per heavy atom. The summed E-state index contributed by atoms with van der Waals surface area (Å²) in [5.74, 6) is 0.238. The maximum Gasteiger partial charge on any atom is 0.259 e. The topological polar surface area (TPSA) is 161 Å². The number of allylic oxidation sites excluding steroid dienone is 1. The number of aromatic amines is 1. The number of carbonyl (C=O) groups is 2. The Labute approximate surface area is 195 Å². The average molecular weight is 462 g/mol. The molecule has 5 rings (SSSR count). The van der Waals surface area contributed by atoms with E-state index in [1.54, 1.807) is 19.5 Å². The largest absolute Gasteiger partial charge is 0.383 e. The van der Waals surface area contributed by atoms with Gasteiger partial charge in [0.25, 0.3) is 5.91 Å². The molecule has 0 saturated carbocycles. The van der Waals surface area contributed by atoms with Crippen molar-refractivity contribution in [2.75, 3.05) is 18.5 Å². The summed E-state index contributed by atoms with van der Waals surface area (Å²) in [6.45, 7) is 5.54. The van der Waals surface area contributed by atoms with E-state index in [0.717, 1.165) is 12.8 Å². The lowest BCUT2D eigenvalue weighted by molar-refractivity contribution is 0.0569. The van der Waals surface area contributed by atoms with Crippen LogP contribution >= 0.6 is 0 Å². The van der Waals surface area contributed by atoms with E-state index in [2.05, 4.69) is 26.9 Å². The van der Waals surface area contributed by atoms with Gasteiger partial charge in [0.15, 0.2) is 11.4 Å². The number of anilines is 2. The maximum atomic E-state index is 13.2. The minimum Gasteiger partial charge on any atom is -0.383 e. The number of fused-ring (bicyclic) bond motifs is 3. The number of hydrogen-bond acceptors (Lipinski definition) is 8. The first-order chi connectivity index (χ1) is 16.3. The van der Waals surface area contributed by atoms with Gasteiger partial charge in [0.05, 0.1) is 23.7 Å². The van der Waals surface area contributed by atoms with Crippen molar-refractivity contribution in [1.29, 1.82) is 0 Å². The second-order valence-corrected chi connectivity index (χ2v) is 8.98. The molecule has 2 aliphatic rings. The van der Waals surface area contributed by atoms with Crippen LogP contribution in [0, 0.1) is 0 Å². The molecule has 5 N–H and O–H groups in total. The van der Waals surface area contributed by atoms with E-state index in [-0.39, 0.29) is 41.3 Å². The van der Waals surface area contributed by atoms with Crippen LogP contribution in [0.3, 0.4) is 0 Å². The summed E-state index contributed by atoms with van der Waals surface area (Å²) in [7, 11) is 1.67. The van der Waals surface area contributed by atoms with Crippen LogP contribution in [-0.4, -0.2) is 66.7 Å². The van der Waals surface area contributed by atoms with Gasteiger partial charge in [0.2, 0.25) is 0 Å². The predicted molar refractivity (Wildman–Crippen MR) is 129 cm³/mol. The molecule has 0 radical (unpaired) electrons. The highest BCUT2D eigenvalue weighted by molar-refractivity contribution is 6.11. The summed E-state index contributed by atoms with van der Waals surface area (Å²) in [6.07, 6.45) is 7.89. The Hall–Kier alpha value is -4.02. The van der Waals surface area contributed by atoms with Gasteiger partial charge in [-0.1, -0.05) is 6.58 Å². The molecule has 3 aromatic heterocycles. The number of nitrogens with two attached hydrogens (primary N) is 2. The van der Waals surface area contributed by atoms with Crippen LogP contribution in [-0.2, 0) is 0 Å². The van der Waals surface area contributed by atoms with Crippen molar-refractivity contribution in [3.63, 3.8) is 0 Å².